The largest absolute Gasteiger partial charge is 0.364 e. The van der Waals surface area contributed by atoms with E-state index in [4.69, 9.17) is 0 Å². The van der Waals surface area contributed by atoms with Crippen molar-refractivity contribution in [3.63, 3.8) is 0 Å². The van der Waals surface area contributed by atoms with Crippen LogP contribution in [-0.4, -0.2) is 9.97 Å². The summed E-state index contributed by atoms with van der Waals surface area (Å²) in [5, 5.41) is 4.62. The first-order valence-electron chi connectivity index (χ1n) is 6.09. The molecule has 3 aromatic rings. The van der Waals surface area contributed by atoms with Crippen molar-refractivity contribution in [2.24, 2.45) is 0 Å². The molecule has 0 amide bonds. The van der Waals surface area contributed by atoms with E-state index < -0.39 is 0 Å². The Balaban J connectivity index is 1.74. The molecule has 0 spiro atoms. The van der Waals surface area contributed by atoms with Crippen molar-refractivity contribution in [1.29, 1.82) is 0 Å². The number of benzene rings is 1. The number of fused-ring (bicyclic) bond motifs is 1. The van der Waals surface area contributed by atoms with Gasteiger partial charge in [0.15, 0.2) is 0 Å². The zero-order chi connectivity index (χ0) is 12.2. The molecule has 18 heavy (non-hydrogen) atoms. The molecule has 3 heteroatoms. The van der Waals surface area contributed by atoms with Gasteiger partial charge >= 0.3 is 0 Å². The molecule has 0 atom stereocenters. The van der Waals surface area contributed by atoms with Crippen LogP contribution in [0.2, 0.25) is 0 Å². The van der Waals surface area contributed by atoms with Crippen LogP contribution in [-0.2, 0) is 13.1 Å². The number of H-pyrrole nitrogens is 1. The molecule has 0 aliphatic heterocycles. The zero-order valence-electron chi connectivity index (χ0n) is 10.1. The lowest BCUT2D eigenvalue weighted by Crippen LogP contribution is -2.13. The second kappa shape index (κ2) is 5.02. The van der Waals surface area contributed by atoms with E-state index in [1.54, 1.807) is 0 Å². The Bertz CT molecular complexity index is 624. The van der Waals surface area contributed by atoms with Gasteiger partial charge in [-0.2, -0.15) is 0 Å². The summed E-state index contributed by atoms with van der Waals surface area (Å²) in [6.07, 6.45) is 3.79. The fraction of sp³-hybridized carbons (Fsp3) is 0.133. The SMILES string of the molecule is c1c[nH]c(CNCc2cccc3cccnc23)c1. The Kier molecular flexibility index (Phi) is 3.07. The van der Waals surface area contributed by atoms with Crippen LogP contribution >= 0.6 is 0 Å². The molecule has 0 unspecified atom stereocenters. The summed E-state index contributed by atoms with van der Waals surface area (Å²) < 4.78 is 0. The molecule has 2 heterocycles. The first kappa shape index (κ1) is 11.0. The molecule has 0 bridgehead atoms. The minimum Gasteiger partial charge on any atom is -0.364 e. The highest BCUT2D eigenvalue weighted by atomic mass is 14.9. The summed E-state index contributed by atoms with van der Waals surface area (Å²) in [6.45, 7) is 1.67. The van der Waals surface area contributed by atoms with Crippen LogP contribution in [0.15, 0.2) is 54.9 Å². The van der Waals surface area contributed by atoms with Crippen LogP contribution in [0.4, 0.5) is 0 Å². The predicted molar refractivity (Wildman–Crippen MR) is 73.1 cm³/mol. The molecule has 0 radical (unpaired) electrons. The quantitative estimate of drug-likeness (QED) is 0.732. The number of aromatic amines is 1. The number of nitrogens with one attached hydrogen (secondary N) is 2. The van der Waals surface area contributed by atoms with Gasteiger partial charge in [-0.3, -0.25) is 4.98 Å². The monoisotopic (exact) mass is 237 g/mol. The summed E-state index contributed by atoms with van der Waals surface area (Å²) in [5.74, 6) is 0. The zero-order valence-corrected chi connectivity index (χ0v) is 10.1. The summed E-state index contributed by atoms with van der Waals surface area (Å²) in [5.41, 5.74) is 3.52. The Morgan fingerprint density at radius 1 is 1.00 bits per heavy atom. The maximum Gasteiger partial charge on any atom is 0.0746 e. The molecule has 0 aliphatic carbocycles. The van der Waals surface area contributed by atoms with Crippen molar-refractivity contribution in [2.45, 2.75) is 13.1 Å². The average Bonchev–Trinajstić information content (AvgIpc) is 2.92. The van der Waals surface area contributed by atoms with Crippen molar-refractivity contribution >= 4 is 10.9 Å². The number of para-hydroxylation sites is 1. The number of rotatable bonds is 4. The predicted octanol–water partition coefficient (Wildman–Crippen LogP) is 2.85. The molecule has 0 saturated heterocycles. The van der Waals surface area contributed by atoms with E-state index in [9.17, 15) is 0 Å². The van der Waals surface area contributed by atoms with Crippen LogP contribution in [0, 0.1) is 0 Å². The molecular formula is C15H15N3. The standard InChI is InChI=1S/C15H15N3/c1-4-12-6-2-9-18-15(12)13(5-1)10-16-11-14-7-3-8-17-14/h1-9,16-17H,10-11H2. The second-order valence-corrected chi connectivity index (χ2v) is 4.29. The van der Waals surface area contributed by atoms with E-state index in [1.807, 2.05) is 24.5 Å². The summed E-state index contributed by atoms with van der Waals surface area (Å²) in [6, 6.07) is 14.4. The topological polar surface area (TPSA) is 40.7 Å². The van der Waals surface area contributed by atoms with Gasteiger partial charge in [0.1, 0.15) is 0 Å². The number of hydrogen-bond donors (Lipinski definition) is 2. The van der Waals surface area contributed by atoms with Crippen LogP contribution in [0.5, 0.6) is 0 Å². The highest BCUT2D eigenvalue weighted by Gasteiger charge is 2.01. The number of hydrogen-bond acceptors (Lipinski definition) is 2. The number of pyridine rings is 1. The lowest BCUT2D eigenvalue weighted by Gasteiger charge is -2.06. The lowest BCUT2D eigenvalue weighted by atomic mass is 10.1. The van der Waals surface area contributed by atoms with Crippen molar-refractivity contribution < 1.29 is 0 Å². The molecule has 90 valence electrons. The van der Waals surface area contributed by atoms with E-state index in [2.05, 4.69) is 45.6 Å². The molecule has 1 aromatic carbocycles. The van der Waals surface area contributed by atoms with Gasteiger partial charge < -0.3 is 10.3 Å². The van der Waals surface area contributed by atoms with E-state index in [0.717, 1.165) is 18.6 Å². The highest BCUT2D eigenvalue weighted by Crippen LogP contribution is 2.15. The van der Waals surface area contributed by atoms with Crippen LogP contribution in [0.3, 0.4) is 0 Å². The Hall–Kier alpha value is -2.13. The third-order valence-electron chi connectivity index (χ3n) is 3.01. The van der Waals surface area contributed by atoms with Gasteiger partial charge in [-0.15, -0.1) is 0 Å². The number of aromatic nitrogens is 2. The van der Waals surface area contributed by atoms with E-state index >= 15 is 0 Å². The van der Waals surface area contributed by atoms with Gasteiger partial charge in [-0.05, 0) is 23.8 Å². The third kappa shape index (κ3) is 2.26. The fourth-order valence-electron chi connectivity index (χ4n) is 2.12. The maximum atomic E-state index is 4.45. The highest BCUT2D eigenvalue weighted by molar-refractivity contribution is 5.81. The molecular weight excluding hydrogens is 222 g/mol. The van der Waals surface area contributed by atoms with E-state index in [-0.39, 0.29) is 0 Å². The van der Waals surface area contributed by atoms with Gasteiger partial charge in [0.25, 0.3) is 0 Å². The molecule has 0 aliphatic rings. The normalized spacial score (nSPS) is 10.9. The molecule has 3 nitrogen and oxygen atoms in total. The van der Waals surface area contributed by atoms with Gasteiger partial charge in [0.2, 0.25) is 0 Å². The van der Waals surface area contributed by atoms with E-state index in [1.165, 1.54) is 16.6 Å². The second-order valence-electron chi connectivity index (χ2n) is 4.29. The lowest BCUT2D eigenvalue weighted by molar-refractivity contribution is 0.685. The Labute approximate surface area is 106 Å². The van der Waals surface area contributed by atoms with Gasteiger partial charge in [0, 0.05) is 36.6 Å². The molecule has 0 fully saturated rings. The Morgan fingerprint density at radius 2 is 1.94 bits per heavy atom. The fourth-order valence-corrected chi connectivity index (χ4v) is 2.12. The van der Waals surface area contributed by atoms with Crippen molar-refractivity contribution in [2.75, 3.05) is 0 Å². The molecule has 2 aromatic heterocycles. The molecule has 3 rings (SSSR count). The molecule has 0 saturated carbocycles. The summed E-state index contributed by atoms with van der Waals surface area (Å²) >= 11 is 0. The first-order valence-corrected chi connectivity index (χ1v) is 6.09. The van der Waals surface area contributed by atoms with Crippen LogP contribution in [0.1, 0.15) is 11.3 Å². The smallest absolute Gasteiger partial charge is 0.0746 e. The Morgan fingerprint density at radius 3 is 2.83 bits per heavy atom. The van der Waals surface area contributed by atoms with Gasteiger partial charge in [-0.1, -0.05) is 24.3 Å². The van der Waals surface area contributed by atoms with Crippen molar-refractivity contribution in [3.05, 3.63) is 66.1 Å². The summed E-state index contributed by atoms with van der Waals surface area (Å²) in [4.78, 5) is 7.63. The third-order valence-corrected chi connectivity index (χ3v) is 3.01. The maximum absolute atomic E-state index is 4.45. The molecule has 2 N–H and O–H groups in total. The number of nitrogens with zero attached hydrogens (tertiary/aromatic N) is 1. The minimum atomic E-state index is 0.827. The van der Waals surface area contributed by atoms with Gasteiger partial charge in [0.05, 0.1) is 5.52 Å². The first-order chi connectivity index (χ1) is 8.93. The van der Waals surface area contributed by atoms with E-state index in [0.29, 0.717) is 0 Å². The van der Waals surface area contributed by atoms with Gasteiger partial charge in [-0.25, -0.2) is 0 Å². The minimum absolute atomic E-state index is 0.827. The van der Waals surface area contributed by atoms with Crippen LogP contribution in [0.25, 0.3) is 10.9 Å². The van der Waals surface area contributed by atoms with Crippen molar-refractivity contribution in [3.8, 4) is 0 Å². The average molecular weight is 237 g/mol. The van der Waals surface area contributed by atoms with Crippen LogP contribution < -0.4 is 5.32 Å². The van der Waals surface area contributed by atoms with Crippen molar-refractivity contribution in [1.82, 2.24) is 15.3 Å². The summed E-state index contributed by atoms with van der Waals surface area (Å²) in [7, 11) is 0.